The number of allylic oxidation sites excluding steroid dienone is 2. The van der Waals surface area contributed by atoms with Crippen LogP contribution >= 0.6 is 0 Å². The smallest absolute Gasteiger partial charge is 0.0815 e. The van der Waals surface area contributed by atoms with Crippen molar-refractivity contribution in [2.24, 2.45) is 11.8 Å². The van der Waals surface area contributed by atoms with Crippen molar-refractivity contribution in [2.75, 3.05) is 7.11 Å². The Hall–Kier alpha value is -0.560. The van der Waals surface area contributed by atoms with E-state index >= 15 is 0 Å². The maximum Gasteiger partial charge on any atom is 0.0815 e. The summed E-state index contributed by atoms with van der Waals surface area (Å²) in [5.41, 5.74) is 0. The van der Waals surface area contributed by atoms with Crippen LogP contribution in [0.1, 0.15) is 6.42 Å². The molecule has 2 aliphatic carbocycles. The summed E-state index contributed by atoms with van der Waals surface area (Å²) in [6.07, 6.45) is 10.6. The first kappa shape index (κ1) is 6.17. The van der Waals surface area contributed by atoms with E-state index in [1.807, 2.05) is 0 Å². The Bertz CT molecular complexity index is 181. The fourth-order valence-electron chi connectivity index (χ4n) is 1.79. The number of hydrogen-bond acceptors (Lipinski definition) is 1. The van der Waals surface area contributed by atoms with E-state index in [1.165, 1.54) is 6.42 Å². The van der Waals surface area contributed by atoms with E-state index in [9.17, 15) is 0 Å². The molecule has 0 amide bonds. The average molecular weight is 136 g/mol. The second-order valence-corrected chi connectivity index (χ2v) is 3.03. The zero-order chi connectivity index (χ0) is 6.97. The first-order chi connectivity index (χ1) is 4.90. The number of rotatable bonds is 1. The van der Waals surface area contributed by atoms with Crippen molar-refractivity contribution in [1.82, 2.24) is 0 Å². The fraction of sp³-hybridized carbons (Fsp3) is 0.556. The number of ether oxygens (including phenoxy) is 1. The number of fused-ring (bicyclic) bond motifs is 2. The van der Waals surface area contributed by atoms with E-state index in [4.69, 9.17) is 4.74 Å². The highest BCUT2D eigenvalue weighted by molar-refractivity contribution is 5.19. The summed E-state index contributed by atoms with van der Waals surface area (Å²) >= 11 is 0. The molecule has 0 fully saturated rings. The highest BCUT2D eigenvalue weighted by atomic mass is 16.5. The topological polar surface area (TPSA) is 9.23 Å². The van der Waals surface area contributed by atoms with E-state index in [0.29, 0.717) is 17.9 Å². The summed E-state index contributed by atoms with van der Waals surface area (Å²) in [6, 6.07) is 0. The molecule has 1 unspecified atom stereocenters. The molecule has 0 aliphatic heterocycles. The first-order valence-corrected chi connectivity index (χ1v) is 3.79. The van der Waals surface area contributed by atoms with Crippen LogP contribution in [0.5, 0.6) is 0 Å². The minimum Gasteiger partial charge on any atom is -0.377 e. The number of hydrogen-bond donors (Lipinski definition) is 0. The van der Waals surface area contributed by atoms with Crippen LogP contribution in [0.3, 0.4) is 0 Å². The van der Waals surface area contributed by atoms with Gasteiger partial charge in [0.15, 0.2) is 0 Å². The van der Waals surface area contributed by atoms with Gasteiger partial charge in [-0.2, -0.15) is 0 Å². The molecule has 1 nitrogen and oxygen atoms in total. The van der Waals surface area contributed by atoms with Crippen molar-refractivity contribution in [2.45, 2.75) is 12.5 Å². The van der Waals surface area contributed by atoms with Gasteiger partial charge in [0, 0.05) is 13.0 Å². The Morgan fingerprint density at radius 2 is 2.00 bits per heavy atom. The molecule has 2 bridgehead atoms. The second-order valence-electron chi connectivity index (χ2n) is 3.03. The van der Waals surface area contributed by atoms with Crippen LogP contribution in [0, 0.1) is 11.8 Å². The van der Waals surface area contributed by atoms with Crippen molar-refractivity contribution >= 4 is 0 Å². The third kappa shape index (κ3) is 0.816. The molecule has 10 heavy (non-hydrogen) atoms. The van der Waals surface area contributed by atoms with Crippen LogP contribution in [-0.4, -0.2) is 13.2 Å². The van der Waals surface area contributed by atoms with Crippen LogP contribution in [-0.2, 0) is 4.74 Å². The molecule has 1 heteroatoms. The van der Waals surface area contributed by atoms with Crippen LogP contribution in [0.2, 0.25) is 0 Å². The Morgan fingerprint density at radius 1 is 1.20 bits per heavy atom. The number of methoxy groups -OCH3 is 1. The maximum atomic E-state index is 5.28. The van der Waals surface area contributed by atoms with E-state index in [-0.39, 0.29) is 0 Å². The summed E-state index contributed by atoms with van der Waals surface area (Å²) in [6.45, 7) is 0. The van der Waals surface area contributed by atoms with Gasteiger partial charge in [-0.25, -0.2) is 0 Å². The highest BCUT2D eigenvalue weighted by Gasteiger charge is 2.27. The predicted octanol–water partition coefficient (Wildman–Crippen LogP) is 1.76. The molecule has 0 saturated carbocycles. The van der Waals surface area contributed by atoms with E-state index in [0.717, 1.165) is 0 Å². The monoisotopic (exact) mass is 136 g/mol. The Balaban J connectivity index is 2.19. The quantitative estimate of drug-likeness (QED) is 0.499. The Labute approximate surface area is 61.4 Å². The normalized spacial score (nSPS) is 42.7. The highest BCUT2D eigenvalue weighted by Crippen LogP contribution is 2.33. The van der Waals surface area contributed by atoms with Crippen LogP contribution < -0.4 is 0 Å². The summed E-state index contributed by atoms with van der Waals surface area (Å²) in [5.74, 6) is 1.36. The first-order valence-electron chi connectivity index (χ1n) is 3.79. The zero-order valence-corrected chi connectivity index (χ0v) is 6.16. The molecule has 0 spiro atoms. The summed E-state index contributed by atoms with van der Waals surface area (Å²) in [7, 11) is 1.78. The molecular formula is C9H12O. The lowest BCUT2D eigenvalue weighted by atomic mass is 9.92. The third-order valence-electron chi connectivity index (χ3n) is 2.39. The van der Waals surface area contributed by atoms with Crippen LogP contribution in [0.15, 0.2) is 24.3 Å². The van der Waals surface area contributed by atoms with Gasteiger partial charge in [-0.05, 0) is 12.3 Å². The van der Waals surface area contributed by atoms with Gasteiger partial charge in [0.05, 0.1) is 6.10 Å². The van der Waals surface area contributed by atoms with Crippen LogP contribution in [0.4, 0.5) is 0 Å². The molecule has 0 saturated heterocycles. The minimum atomic E-state index is 0.343. The van der Waals surface area contributed by atoms with Gasteiger partial charge >= 0.3 is 0 Å². The predicted molar refractivity (Wildman–Crippen MR) is 40.7 cm³/mol. The lowest BCUT2D eigenvalue weighted by Gasteiger charge is -2.21. The van der Waals surface area contributed by atoms with Gasteiger partial charge in [-0.3, -0.25) is 0 Å². The zero-order valence-electron chi connectivity index (χ0n) is 6.16. The lowest BCUT2D eigenvalue weighted by molar-refractivity contribution is 0.0996. The van der Waals surface area contributed by atoms with E-state index in [2.05, 4.69) is 24.3 Å². The van der Waals surface area contributed by atoms with Crippen molar-refractivity contribution < 1.29 is 4.74 Å². The van der Waals surface area contributed by atoms with Gasteiger partial charge < -0.3 is 4.74 Å². The van der Waals surface area contributed by atoms with Crippen LogP contribution in [0.25, 0.3) is 0 Å². The molecule has 2 rings (SSSR count). The molecule has 0 aromatic rings. The fourth-order valence-corrected chi connectivity index (χ4v) is 1.79. The van der Waals surface area contributed by atoms with Crippen molar-refractivity contribution in [3.63, 3.8) is 0 Å². The largest absolute Gasteiger partial charge is 0.377 e. The molecule has 54 valence electrons. The molecular weight excluding hydrogens is 124 g/mol. The summed E-state index contributed by atoms with van der Waals surface area (Å²) in [5, 5.41) is 0. The molecule has 2 aliphatic rings. The molecule has 3 atom stereocenters. The Morgan fingerprint density at radius 3 is 2.80 bits per heavy atom. The average Bonchev–Trinajstić information content (AvgIpc) is 2.34. The van der Waals surface area contributed by atoms with Gasteiger partial charge in [0.25, 0.3) is 0 Å². The van der Waals surface area contributed by atoms with Gasteiger partial charge in [-0.15, -0.1) is 0 Å². The molecule has 0 N–H and O–H groups in total. The molecule has 0 heterocycles. The minimum absolute atomic E-state index is 0.343. The standard InChI is InChI=1S/C9H12O/c1-10-9-5-3-7-2-4-8(9)6-7/h2-5,7-9H,6H2,1H3/t7-,8-,9?/m0/s1. The molecule has 0 aromatic carbocycles. The Kier molecular flexibility index (Phi) is 1.38. The second kappa shape index (κ2) is 2.24. The van der Waals surface area contributed by atoms with Gasteiger partial charge in [-0.1, -0.05) is 24.3 Å². The SMILES string of the molecule is COC1C=C[C@@H]2C=C[C@H]1C2. The van der Waals surface area contributed by atoms with Crippen molar-refractivity contribution in [1.29, 1.82) is 0 Å². The van der Waals surface area contributed by atoms with Crippen molar-refractivity contribution in [3.05, 3.63) is 24.3 Å². The lowest BCUT2D eigenvalue weighted by Crippen LogP contribution is -2.20. The maximum absolute atomic E-state index is 5.28. The van der Waals surface area contributed by atoms with Gasteiger partial charge in [0.2, 0.25) is 0 Å². The summed E-state index contributed by atoms with van der Waals surface area (Å²) in [4.78, 5) is 0. The van der Waals surface area contributed by atoms with Crippen molar-refractivity contribution in [3.8, 4) is 0 Å². The van der Waals surface area contributed by atoms with E-state index in [1.54, 1.807) is 7.11 Å². The van der Waals surface area contributed by atoms with Gasteiger partial charge in [0.1, 0.15) is 0 Å². The molecule has 0 aromatic heterocycles. The third-order valence-corrected chi connectivity index (χ3v) is 2.39. The summed E-state index contributed by atoms with van der Waals surface area (Å²) < 4.78 is 5.28. The van der Waals surface area contributed by atoms with E-state index < -0.39 is 0 Å². The molecule has 0 radical (unpaired) electrons.